The average molecular weight is 270 g/mol. The van der Waals surface area contributed by atoms with Crippen molar-refractivity contribution in [1.29, 1.82) is 0 Å². The van der Waals surface area contributed by atoms with Gasteiger partial charge >= 0.3 is 0 Å². The monoisotopic (exact) mass is 270 g/mol. The van der Waals surface area contributed by atoms with Crippen LogP contribution in [0.1, 0.15) is 29.3 Å². The van der Waals surface area contributed by atoms with Crippen LogP contribution >= 0.6 is 0 Å². The molecule has 2 aromatic rings. The number of nitrogens with one attached hydrogen (secondary N) is 2. The second kappa shape index (κ2) is 5.92. The molecule has 104 valence electrons. The second-order valence-corrected chi connectivity index (χ2v) is 5.02. The summed E-state index contributed by atoms with van der Waals surface area (Å²) in [5.41, 5.74) is 2.59. The van der Waals surface area contributed by atoms with Crippen molar-refractivity contribution in [1.82, 2.24) is 10.6 Å². The van der Waals surface area contributed by atoms with Crippen molar-refractivity contribution in [3.05, 3.63) is 59.5 Å². The van der Waals surface area contributed by atoms with E-state index in [4.69, 9.17) is 4.42 Å². The Balaban J connectivity index is 1.59. The van der Waals surface area contributed by atoms with Crippen molar-refractivity contribution in [3.8, 4) is 0 Å². The number of rotatable bonds is 4. The van der Waals surface area contributed by atoms with Gasteiger partial charge in [-0.05, 0) is 36.2 Å². The zero-order valence-electron chi connectivity index (χ0n) is 11.3. The first-order chi connectivity index (χ1) is 9.83. The smallest absolute Gasteiger partial charge is 0.222 e. The summed E-state index contributed by atoms with van der Waals surface area (Å²) in [5, 5.41) is 6.31. The van der Waals surface area contributed by atoms with Gasteiger partial charge in [-0.25, -0.2) is 0 Å². The van der Waals surface area contributed by atoms with E-state index in [1.54, 1.807) is 6.26 Å². The lowest BCUT2D eigenvalue weighted by atomic mass is 9.92. The van der Waals surface area contributed by atoms with Crippen LogP contribution in [0.3, 0.4) is 0 Å². The molecule has 2 N–H and O–H groups in total. The van der Waals surface area contributed by atoms with E-state index in [0.717, 1.165) is 18.7 Å². The van der Waals surface area contributed by atoms with Crippen LogP contribution < -0.4 is 10.6 Å². The second-order valence-electron chi connectivity index (χ2n) is 5.02. The Hall–Kier alpha value is -2.07. The summed E-state index contributed by atoms with van der Waals surface area (Å²) in [6.45, 7) is 1.37. The van der Waals surface area contributed by atoms with Crippen LogP contribution in [-0.2, 0) is 17.8 Å². The molecule has 0 bridgehead atoms. The summed E-state index contributed by atoms with van der Waals surface area (Å²) in [7, 11) is 0. The van der Waals surface area contributed by atoms with E-state index in [1.165, 1.54) is 11.1 Å². The number of fused-ring (bicyclic) bond motifs is 1. The Morgan fingerprint density at radius 1 is 1.30 bits per heavy atom. The first-order valence-electron chi connectivity index (χ1n) is 6.93. The molecule has 0 saturated carbocycles. The molecule has 1 aromatic carbocycles. The van der Waals surface area contributed by atoms with Crippen molar-refractivity contribution in [3.63, 3.8) is 0 Å². The van der Waals surface area contributed by atoms with E-state index in [-0.39, 0.29) is 11.9 Å². The van der Waals surface area contributed by atoms with Gasteiger partial charge < -0.3 is 15.1 Å². The molecule has 1 atom stereocenters. The zero-order chi connectivity index (χ0) is 13.8. The molecule has 0 fully saturated rings. The number of hydrogen-bond acceptors (Lipinski definition) is 3. The molecular weight excluding hydrogens is 252 g/mol. The summed E-state index contributed by atoms with van der Waals surface area (Å²) in [5.74, 6) is 0.811. The Bertz CT molecular complexity index is 578. The van der Waals surface area contributed by atoms with Gasteiger partial charge in [0, 0.05) is 12.5 Å². The third-order valence-corrected chi connectivity index (χ3v) is 3.64. The largest absolute Gasteiger partial charge is 0.467 e. The van der Waals surface area contributed by atoms with E-state index in [9.17, 15) is 4.79 Å². The molecule has 1 unspecified atom stereocenters. The van der Waals surface area contributed by atoms with Gasteiger partial charge in [0.25, 0.3) is 0 Å². The Morgan fingerprint density at radius 2 is 2.20 bits per heavy atom. The van der Waals surface area contributed by atoms with Crippen molar-refractivity contribution >= 4 is 5.91 Å². The van der Waals surface area contributed by atoms with Crippen LogP contribution in [0.25, 0.3) is 0 Å². The van der Waals surface area contributed by atoms with Gasteiger partial charge in [0.1, 0.15) is 5.76 Å². The summed E-state index contributed by atoms with van der Waals surface area (Å²) >= 11 is 0. The van der Waals surface area contributed by atoms with Gasteiger partial charge in [0.15, 0.2) is 0 Å². The maximum atomic E-state index is 12.0. The number of hydrogen-bond donors (Lipinski definition) is 2. The van der Waals surface area contributed by atoms with E-state index in [0.29, 0.717) is 13.0 Å². The van der Waals surface area contributed by atoms with Crippen molar-refractivity contribution < 1.29 is 9.21 Å². The minimum atomic E-state index is 0.0376. The van der Waals surface area contributed by atoms with E-state index in [2.05, 4.69) is 28.8 Å². The van der Waals surface area contributed by atoms with Crippen LogP contribution in [0.5, 0.6) is 0 Å². The molecule has 20 heavy (non-hydrogen) atoms. The average Bonchev–Trinajstić information content (AvgIpc) is 2.99. The van der Waals surface area contributed by atoms with Crippen molar-refractivity contribution in [2.45, 2.75) is 25.4 Å². The van der Waals surface area contributed by atoms with Crippen LogP contribution in [0.4, 0.5) is 0 Å². The van der Waals surface area contributed by atoms with Gasteiger partial charge in [0.05, 0.1) is 12.8 Å². The van der Waals surface area contributed by atoms with Crippen LogP contribution in [0.15, 0.2) is 47.1 Å². The topological polar surface area (TPSA) is 54.3 Å². The quantitative estimate of drug-likeness (QED) is 0.895. The molecule has 0 radical (unpaired) electrons. The Labute approximate surface area is 118 Å². The number of amides is 1. The van der Waals surface area contributed by atoms with Crippen LogP contribution in [0.2, 0.25) is 0 Å². The SMILES string of the molecule is O=C(CC1NCCc2ccccc21)NCc1ccco1. The highest BCUT2D eigenvalue weighted by molar-refractivity contribution is 5.76. The number of carbonyl (C=O) groups excluding carboxylic acids is 1. The number of benzene rings is 1. The highest BCUT2D eigenvalue weighted by Gasteiger charge is 2.21. The van der Waals surface area contributed by atoms with Crippen molar-refractivity contribution in [2.75, 3.05) is 6.54 Å². The number of carbonyl (C=O) groups is 1. The fourth-order valence-corrected chi connectivity index (χ4v) is 2.63. The number of furan rings is 1. The summed E-state index contributed by atoms with van der Waals surface area (Å²) in [4.78, 5) is 12.0. The van der Waals surface area contributed by atoms with Crippen LogP contribution in [0, 0.1) is 0 Å². The van der Waals surface area contributed by atoms with Crippen LogP contribution in [-0.4, -0.2) is 12.5 Å². The highest BCUT2D eigenvalue weighted by Crippen LogP contribution is 2.24. The molecule has 0 saturated heterocycles. The first-order valence-corrected chi connectivity index (χ1v) is 6.93. The fourth-order valence-electron chi connectivity index (χ4n) is 2.63. The predicted molar refractivity (Wildman–Crippen MR) is 76.1 cm³/mol. The lowest BCUT2D eigenvalue weighted by Crippen LogP contribution is -2.34. The Morgan fingerprint density at radius 3 is 3.05 bits per heavy atom. The summed E-state index contributed by atoms with van der Waals surface area (Å²) < 4.78 is 5.20. The van der Waals surface area contributed by atoms with Gasteiger partial charge in [-0.15, -0.1) is 0 Å². The molecule has 0 spiro atoms. The maximum absolute atomic E-state index is 12.0. The zero-order valence-corrected chi connectivity index (χ0v) is 11.3. The van der Waals surface area contributed by atoms with Crippen molar-refractivity contribution in [2.24, 2.45) is 0 Å². The molecule has 1 amide bonds. The Kier molecular flexibility index (Phi) is 3.83. The fraction of sp³-hybridized carbons (Fsp3) is 0.312. The third-order valence-electron chi connectivity index (χ3n) is 3.64. The minimum Gasteiger partial charge on any atom is -0.467 e. The van der Waals surface area contributed by atoms with Gasteiger partial charge in [-0.1, -0.05) is 24.3 Å². The highest BCUT2D eigenvalue weighted by atomic mass is 16.3. The van der Waals surface area contributed by atoms with E-state index >= 15 is 0 Å². The molecule has 1 aliphatic heterocycles. The third kappa shape index (κ3) is 2.91. The van der Waals surface area contributed by atoms with E-state index in [1.807, 2.05) is 18.2 Å². The van der Waals surface area contributed by atoms with E-state index < -0.39 is 0 Å². The molecule has 2 heterocycles. The molecular formula is C16H18N2O2. The first kappa shape index (κ1) is 12.9. The normalized spacial score (nSPS) is 17.5. The molecule has 4 heteroatoms. The van der Waals surface area contributed by atoms with Gasteiger partial charge in [-0.3, -0.25) is 4.79 Å². The lowest BCUT2D eigenvalue weighted by Gasteiger charge is -2.26. The standard InChI is InChI=1S/C16H18N2O2/c19-16(18-11-13-5-3-9-20-13)10-15-14-6-2-1-4-12(14)7-8-17-15/h1-6,9,15,17H,7-8,10-11H2,(H,18,19). The summed E-state index contributed by atoms with van der Waals surface area (Å²) in [6.07, 6.45) is 3.10. The molecule has 4 nitrogen and oxygen atoms in total. The van der Waals surface area contributed by atoms with Gasteiger partial charge in [0.2, 0.25) is 5.91 Å². The van der Waals surface area contributed by atoms with Gasteiger partial charge in [-0.2, -0.15) is 0 Å². The lowest BCUT2D eigenvalue weighted by molar-refractivity contribution is -0.121. The maximum Gasteiger partial charge on any atom is 0.222 e. The molecule has 0 aliphatic carbocycles. The predicted octanol–water partition coefficient (Wildman–Crippen LogP) is 2.17. The molecule has 3 rings (SSSR count). The molecule has 1 aromatic heterocycles. The summed E-state index contributed by atoms with van der Waals surface area (Å²) in [6, 6.07) is 12.1. The molecule has 1 aliphatic rings. The minimum absolute atomic E-state index is 0.0376.